The van der Waals surface area contributed by atoms with Crippen LogP contribution in [-0.4, -0.2) is 11.2 Å². The molecule has 2 nitrogen and oxygen atoms in total. The molecule has 0 aromatic carbocycles. The first-order valence-corrected chi connectivity index (χ1v) is 5.79. The van der Waals surface area contributed by atoms with Crippen molar-refractivity contribution in [2.75, 3.05) is 0 Å². The van der Waals surface area contributed by atoms with Gasteiger partial charge in [-0.1, -0.05) is 34.3 Å². The first kappa shape index (κ1) is 14.6. The third-order valence-corrected chi connectivity index (χ3v) is 2.08. The molecule has 0 atom stereocenters. The van der Waals surface area contributed by atoms with Crippen LogP contribution in [0.15, 0.2) is 29.9 Å². The number of nitrogens with zero attached hydrogens (tertiary/aromatic N) is 2. The lowest BCUT2D eigenvalue weighted by Gasteiger charge is -2.10. The maximum absolute atomic E-state index is 4.21. The van der Waals surface area contributed by atoms with Crippen molar-refractivity contribution < 1.29 is 0 Å². The zero-order chi connectivity index (χ0) is 12.6. The van der Waals surface area contributed by atoms with Gasteiger partial charge < -0.3 is 0 Å². The fourth-order valence-electron chi connectivity index (χ4n) is 1.18. The molecule has 2 heteroatoms. The zero-order valence-corrected chi connectivity index (χ0v) is 11.0. The minimum atomic E-state index is 0.421. The second-order valence-corrected chi connectivity index (χ2v) is 3.44. The second-order valence-electron chi connectivity index (χ2n) is 3.44. The van der Waals surface area contributed by atoms with E-state index in [0.717, 1.165) is 17.0 Å². The molecule has 1 rings (SSSR count). The van der Waals surface area contributed by atoms with Gasteiger partial charge in [-0.15, -0.1) is 0 Å². The molecule has 0 aliphatic carbocycles. The number of hydrogen-bond donors (Lipinski definition) is 0. The van der Waals surface area contributed by atoms with Crippen LogP contribution in [0.4, 0.5) is 5.82 Å². The van der Waals surface area contributed by atoms with Crippen LogP contribution in [0, 0.1) is 5.92 Å². The lowest BCUT2D eigenvalue weighted by atomic mass is 9.98. The summed E-state index contributed by atoms with van der Waals surface area (Å²) in [5.41, 5.74) is 2.12. The van der Waals surface area contributed by atoms with E-state index in [1.54, 1.807) is 12.4 Å². The highest BCUT2D eigenvalue weighted by Crippen LogP contribution is 2.27. The fourth-order valence-corrected chi connectivity index (χ4v) is 1.18. The van der Waals surface area contributed by atoms with Gasteiger partial charge in [0, 0.05) is 18.0 Å². The Hall–Kier alpha value is -1.44. The van der Waals surface area contributed by atoms with Gasteiger partial charge in [-0.05, 0) is 30.5 Å². The SMILES string of the molecule is C=C(c1cccnc1/N=C\C)C(C)C.CC. The number of aromatic nitrogens is 1. The van der Waals surface area contributed by atoms with Crippen molar-refractivity contribution in [3.8, 4) is 0 Å². The largest absolute Gasteiger partial charge is 0.241 e. The Balaban J connectivity index is 0.00000106. The van der Waals surface area contributed by atoms with Gasteiger partial charge in [0.25, 0.3) is 0 Å². The van der Waals surface area contributed by atoms with Crippen molar-refractivity contribution in [3.05, 3.63) is 30.5 Å². The van der Waals surface area contributed by atoms with Crippen LogP contribution >= 0.6 is 0 Å². The summed E-state index contributed by atoms with van der Waals surface area (Å²) in [5, 5.41) is 0. The minimum absolute atomic E-state index is 0.421. The van der Waals surface area contributed by atoms with Crippen LogP contribution < -0.4 is 0 Å². The normalized spacial score (nSPS) is 10.1. The number of rotatable bonds is 3. The van der Waals surface area contributed by atoms with Gasteiger partial charge in [0.15, 0.2) is 5.82 Å². The van der Waals surface area contributed by atoms with Crippen molar-refractivity contribution in [3.63, 3.8) is 0 Å². The van der Waals surface area contributed by atoms with Gasteiger partial charge in [0.1, 0.15) is 0 Å². The van der Waals surface area contributed by atoms with Crippen molar-refractivity contribution in [1.29, 1.82) is 0 Å². The number of hydrogen-bond acceptors (Lipinski definition) is 2. The summed E-state index contributed by atoms with van der Waals surface area (Å²) in [6, 6.07) is 3.93. The molecule has 16 heavy (non-hydrogen) atoms. The molecule has 1 aromatic rings. The Kier molecular flexibility index (Phi) is 7.10. The molecule has 0 aliphatic rings. The highest BCUT2D eigenvalue weighted by molar-refractivity contribution is 5.74. The molecule has 0 radical (unpaired) electrons. The Morgan fingerprint density at radius 2 is 2.06 bits per heavy atom. The van der Waals surface area contributed by atoms with E-state index in [-0.39, 0.29) is 0 Å². The van der Waals surface area contributed by atoms with E-state index in [0.29, 0.717) is 5.92 Å². The van der Waals surface area contributed by atoms with Crippen molar-refractivity contribution in [1.82, 2.24) is 4.98 Å². The molecule has 0 aliphatic heterocycles. The molecule has 0 fully saturated rings. The summed E-state index contributed by atoms with van der Waals surface area (Å²) >= 11 is 0. The van der Waals surface area contributed by atoms with Crippen LogP contribution in [0.3, 0.4) is 0 Å². The lowest BCUT2D eigenvalue weighted by Crippen LogP contribution is -1.93. The summed E-state index contributed by atoms with van der Waals surface area (Å²) in [5.74, 6) is 1.18. The van der Waals surface area contributed by atoms with Crippen LogP contribution in [-0.2, 0) is 0 Å². The minimum Gasteiger partial charge on any atom is -0.241 e. The predicted octanol–water partition coefficient (Wildman–Crippen LogP) is 4.50. The Labute approximate surface area is 99.1 Å². The molecule has 0 saturated carbocycles. The lowest BCUT2D eigenvalue weighted by molar-refractivity contribution is 0.856. The molecule has 0 N–H and O–H groups in total. The van der Waals surface area contributed by atoms with Gasteiger partial charge in [-0.3, -0.25) is 0 Å². The van der Waals surface area contributed by atoms with Crippen LogP contribution in [0.1, 0.15) is 40.2 Å². The zero-order valence-electron chi connectivity index (χ0n) is 11.0. The van der Waals surface area contributed by atoms with E-state index in [4.69, 9.17) is 0 Å². The van der Waals surface area contributed by atoms with Crippen LogP contribution in [0.25, 0.3) is 5.57 Å². The first-order chi connectivity index (χ1) is 7.66. The molecule has 0 amide bonds. The van der Waals surface area contributed by atoms with Crippen molar-refractivity contribution >= 4 is 17.6 Å². The molecule has 0 bridgehead atoms. The first-order valence-electron chi connectivity index (χ1n) is 5.79. The third-order valence-electron chi connectivity index (χ3n) is 2.08. The summed E-state index contributed by atoms with van der Waals surface area (Å²) in [6.45, 7) is 14.2. The van der Waals surface area contributed by atoms with Crippen LogP contribution in [0.5, 0.6) is 0 Å². The third kappa shape index (κ3) is 3.97. The maximum Gasteiger partial charge on any atom is 0.159 e. The van der Waals surface area contributed by atoms with E-state index in [1.807, 2.05) is 32.9 Å². The summed E-state index contributed by atoms with van der Waals surface area (Å²) in [6.07, 6.45) is 3.50. The van der Waals surface area contributed by atoms with E-state index in [2.05, 4.69) is 30.4 Å². The van der Waals surface area contributed by atoms with Gasteiger partial charge in [0.05, 0.1) is 0 Å². The highest BCUT2D eigenvalue weighted by atomic mass is 14.9. The molecular formula is C14H22N2. The molecule has 0 spiro atoms. The Morgan fingerprint density at radius 1 is 1.44 bits per heavy atom. The molecule has 1 heterocycles. The second kappa shape index (κ2) is 7.80. The topological polar surface area (TPSA) is 25.2 Å². The standard InChI is InChI=1S/C12H16N2.C2H6/c1-5-13-12-11(7-6-8-14-12)10(4)9(2)3;1-2/h5-9H,4H2,1-3H3;1-2H3/b13-5-;. The van der Waals surface area contributed by atoms with E-state index in [9.17, 15) is 0 Å². The summed E-state index contributed by atoms with van der Waals surface area (Å²) in [7, 11) is 0. The number of pyridine rings is 1. The van der Waals surface area contributed by atoms with E-state index >= 15 is 0 Å². The highest BCUT2D eigenvalue weighted by Gasteiger charge is 2.08. The Morgan fingerprint density at radius 3 is 2.56 bits per heavy atom. The van der Waals surface area contributed by atoms with Crippen molar-refractivity contribution in [2.24, 2.45) is 10.9 Å². The molecule has 1 aromatic heterocycles. The Bertz CT molecular complexity index is 352. The predicted molar refractivity (Wildman–Crippen MR) is 73.3 cm³/mol. The van der Waals surface area contributed by atoms with Crippen LogP contribution in [0.2, 0.25) is 0 Å². The average Bonchev–Trinajstić information content (AvgIpc) is 2.32. The van der Waals surface area contributed by atoms with Gasteiger partial charge in [-0.25, -0.2) is 9.98 Å². The van der Waals surface area contributed by atoms with Gasteiger partial charge >= 0.3 is 0 Å². The smallest absolute Gasteiger partial charge is 0.159 e. The number of allylic oxidation sites excluding steroid dienone is 1. The van der Waals surface area contributed by atoms with E-state index < -0.39 is 0 Å². The molecule has 0 unspecified atom stereocenters. The molecule has 0 saturated heterocycles. The van der Waals surface area contributed by atoms with Crippen molar-refractivity contribution in [2.45, 2.75) is 34.6 Å². The summed E-state index contributed by atoms with van der Waals surface area (Å²) in [4.78, 5) is 8.43. The molecular weight excluding hydrogens is 196 g/mol. The quantitative estimate of drug-likeness (QED) is 0.686. The maximum atomic E-state index is 4.21. The number of aliphatic imine (C=N–C) groups is 1. The average molecular weight is 218 g/mol. The van der Waals surface area contributed by atoms with Gasteiger partial charge in [-0.2, -0.15) is 0 Å². The summed E-state index contributed by atoms with van der Waals surface area (Å²) < 4.78 is 0. The monoisotopic (exact) mass is 218 g/mol. The molecule has 88 valence electrons. The van der Waals surface area contributed by atoms with Gasteiger partial charge in [0.2, 0.25) is 0 Å². The fraction of sp³-hybridized carbons (Fsp3) is 0.429. The van der Waals surface area contributed by atoms with E-state index in [1.165, 1.54) is 0 Å².